The smallest absolute Gasteiger partial charge is 0.416 e. The van der Waals surface area contributed by atoms with E-state index in [0.29, 0.717) is 17.7 Å². The third-order valence-electron chi connectivity index (χ3n) is 5.37. The highest BCUT2D eigenvalue weighted by Gasteiger charge is 2.32. The average molecular weight is 402 g/mol. The third kappa shape index (κ3) is 4.73. The van der Waals surface area contributed by atoms with Crippen molar-refractivity contribution in [2.75, 3.05) is 0 Å². The molecule has 5 nitrogen and oxygen atoms in total. The van der Waals surface area contributed by atoms with Crippen LogP contribution >= 0.6 is 0 Å². The fraction of sp³-hybridized carbons (Fsp3) is 0.429. The van der Waals surface area contributed by atoms with Crippen LogP contribution in [0.3, 0.4) is 0 Å². The van der Waals surface area contributed by atoms with Gasteiger partial charge in [0.15, 0.2) is 5.84 Å². The molecule has 0 radical (unpaired) electrons. The van der Waals surface area contributed by atoms with Crippen molar-refractivity contribution in [3.8, 4) is 11.8 Å². The molecule has 8 heteroatoms. The van der Waals surface area contributed by atoms with Crippen molar-refractivity contribution in [1.82, 2.24) is 0 Å². The molecule has 0 unspecified atom stereocenters. The van der Waals surface area contributed by atoms with Crippen molar-refractivity contribution in [3.63, 3.8) is 0 Å². The van der Waals surface area contributed by atoms with Crippen LogP contribution in [0.5, 0.6) is 5.75 Å². The summed E-state index contributed by atoms with van der Waals surface area (Å²) in [5.74, 6) is -0.0534. The lowest BCUT2D eigenvalue weighted by molar-refractivity contribution is -0.137. The van der Waals surface area contributed by atoms with Crippen molar-refractivity contribution in [2.24, 2.45) is 21.8 Å². The molecule has 0 spiro atoms. The highest BCUT2D eigenvalue weighted by Crippen LogP contribution is 2.35. The summed E-state index contributed by atoms with van der Waals surface area (Å²) in [4.78, 5) is 8.37. The minimum absolute atomic E-state index is 0.0908. The first kappa shape index (κ1) is 20.8. The summed E-state index contributed by atoms with van der Waals surface area (Å²) in [6, 6.07) is 3.90. The lowest BCUT2D eigenvalue weighted by atomic mass is 9.81. The Bertz CT molecular complexity index is 923. The standard InChI is InChI=1S/C21H21F3N4O/c1-12-8-15(21(22,23)24)9-18(29)19(12)17-11-27-16(20(26)28-17)7-6-13-2-4-14(10-25)5-3-13/h7-9,11,13-14,26,29H,2-6H2,1H3/b16-7+,26-20?. The molecule has 0 bridgehead atoms. The van der Waals surface area contributed by atoms with Crippen LogP contribution in [0.15, 0.2) is 33.9 Å². The number of hydrogen-bond donors (Lipinski definition) is 2. The zero-order valence-corrected chi connectivity index (χ0v) is 15.9. The summed E-state index contributed by atoms with van der Waals surface area (Å²) < 4.78 is 38.7. The number of aryl methyl sites for hydroxylation is 1. The van der Waals surface area contributed by atoms with E-state index in [-0.39, 0.29) is 28.6 Å². The summed E-state index contributed by atoms with van der Waals surface area (Å²) in [5, 5.41) is 27.2. The average Bonchev–Trinajstić information content (AvgIpc) is 2.66. The fourth-order valence-corrected chi connectivity index (χ4v) is 3.74. The normalized spacial score (nSPS) is 23.8. The Kier molecular flexibility index (Phi) is 5.87. The van der Waals surface area contributed by atoms with E-state index in [0.717, 1.165) is 38.2 Å². The number of rotatable bonds is 3. The van der Waals surface area contributed by atoms with Gasteiger partial charge in [-0.3, -0.25) is 10.4 Å². The topological polar surface area (TPSA) is 92.6 Å². The molecule has 1 fully saturated rings. The quantitative estimate of drug-likeness (QED) is 0.730. The summed E-state index contributed by atoms with van der Waals surface area (Å²) in [6.45, 7) is 1.45. The van der Waals surface area contributed by atoms with Crippen LogP contribution in [-0.2, 0) is 6.18 Å². The van der Waals surface area contributed by atoms with Gasteiger partial charge in [-0.1, -0.05) is 6.08 Å². The van der Waals surface area contributed by atoms with E-state index in [9.17, 15) is 18.3 Å². The second-order valence-corrected chi connectivity index (χ2v) is 7.46. The van der Waals surface area contributed by atoms with Gasteiger partial charge in [0, 0.05) is 11.5 Å². The van der Waals surface area contributed by atoms with Gasteiger partial charge in [0.1, 0.15) is 11.4 Å². The maximum absolute atomic E-state index is 12.9. The van der Waals surface area contributed by atoms with Crippen molar-refractivity contribution in [2.45, 2.75) is 45.2 Å². The van der Waals surface area contributed by atoms with Gasteiger partial charge in [0.2, 0.25) is 0 Å². The fourth-order valence-electron chi connectivity index (χ4n) is 3.74. The van der Waals surface area contributed by atoms with E-state index >= 15 is 0 Å². The Balaban J connectivity index is 1.74. The van der Waals surface area contributed by atoms with Gasteiger partial charge >= 0.3 is 6.18 Å². The van der Waals surface area contributed by atoms with Gasteiger partial charge < -0.3 is 5.11 Å². The van der Waals surface area contributed by atoms with E-state index < -0.39 is 17.5 Å². The number of benzene rings is 1. The largest absolute Gasteiger partial charge is 0.507 e. The Morgan fingerprint density at radius 1 is 1.28 bits per heavy atom. The first-order chi connectivity index (χ1) is 13.7. The first-order valence-corrected chi connectivity index (χ1v) is 9.41. The molecule has 1 aliphatic heterocycles. The number of aromatic hydroxyl groups is 1. The number of halogens is 3. The van der Waals surface area contributed by atoms with E-state index in [1.54, 1.807) is 0 Å². The predicted molar refractivity (Wildman–Crippen MR) is 104 cm³/mol. The number of phenols is 1. The number of nitrogens with zero attached hydrogens (tertiary/aromatic N) is 3. The number of amidine groups is 1. The Morgan fingerprint density at radius 3 is 2.52 bits per heavy atom. The van der Waals surface area contributed by atoms with E-state index in [1.165, 1.54) is 13.1 Å². The van der Waals surface area contributed by atoms with Crippen LogP contribution < -0.4 is 0 Å². The molecule has 3 rings (SSSR count). The van der Waals surface area contributed by atoms with Crippen LogP contribution in [0.25, 0.3) is 0 Å². The summed E-state index contributed by atoms with van der Waals surface area (Å²) in [5.41, 5.74) is -0.0330. The molecular weight excluding hydrogens is 381 g/mol. The zero-order valence-electron chi connectivity index (χ0n) is 15.9. The molecule has 152 valence electrons. The predicted octanol–water partition coefficient (Wildman–Crippen LogP) is 5.17. The first-order valence-electron chi connectivity index (χ1n) is 9.41. The number of alkyl halides is 3. The van der Waals surface area contributed by atoms with E-state index in [2.05, 4.69) is 16.1 Å². The second-order valence-electron chi connectivity index (χ2n) is 7.46. The van der Waals surface area contributed by atoms with Crippen molar-refractivity contribution < 1.29 is 18.3 Å². The number of allylic oxidation sites excluding steroid dienone is 1. The SMILES string of the molecule is Cc1cc(C(F)(F)F)cc(O)c1C1=NC(=N)/C(=C\CC2CCC(C#N)CC2)N=C1. The van der Waals surface area contributed by atoms with Crippen LogP contribution in [0.4, 0.5) is 13.2 Å². The van der Waals surface area contributed by atoms with Gasteiger partial charge in [-0.05, 0) is 62.6 Å². The molecule has 1 heterocycles. The van der Waals surface area contributed by atoms with Crippen LogP contribution in [0, 0.1) is 35.5 Å². The molecular formula is C21H21F3N4O. The van der Waals surface area contributed by atoms with Crippen LogP contribution in [0.1, 0.15) is 48.8 Å². The van der Waals surface area contributed by atoms with Crippen LogP contribution in [0.2, 0.25) is 0 Å². The number of phenolic OH excluding ortho intramolecular Hbond substituents is 1. The summed E-state index contributed by atoms with van der Waals surface area (Å²) in [6.07, 6.45) is 3.10. The number of nitrogens with one attached hydrogen (secondary N) is 1. The van der Waals surface area contributed by atoms with Gasteiger partial charge in [-0.25, -0.2) is 4.99 Å². The van der Waals surface area contributed by atoms with Gasteiger partial charge in [-0.2, -0.15) is 18.4 Å². The summed E-state index contributed by atoms with van der Waals surface area (Å²) in [7, 11) is 0. The molecule has 0 aromatic heterocycles. The molecule has 2 aliphatic rings. The Hall–Kier alpha value is -2.95. The highest BCUT2D eigenvalue weighted by molar-refractivity contribution is 6.43. The lowest BCUT2D eigenvalue weighted by Gasteiger charge is -2.23. The van der Waals surface area contributed by atoms with Gasteiger partial charge in [0.05, 0.1) is 23.6 Å². The molecule has 0 atom stereocenters. The highest BCUT2D eigenvalue weighted by atomic mass is 19.4. The molecule has 2 N–H and O–H groups in total. The Labute approximate surface area is 166 Å². The van der Waals surface area contributed by atoms with E-state index in [4.69, 9.17) is 10.7 Å². The number of nitriles is 1. The van der Waals surface area contributed by atoms with Crippen LogP contribution in [-0.4, -0.2) is 22.9 Å². The number of aliphatic imine (C=N–C) groups is 2. The van der Waals surface area contributed by atoms with Gasteiger partial charge in [-0.15, -0.1) is 0 Å². The molecule has 1 aromatic carbocycles. The molecule has 1 saturated carbocycles. The van der Waals surface area contributed by atoms with E-state index in [1.807, 2.05) is 6.08 Å². The van der Waals surface area contributed by atoms with Gasteiger partial charge in [0.25, 0.3) is 0 Å². The maximum atomic E-state index is 12.9. The molecule has 1 aliphatic carbocycles. The minimum Gasteiger partial charge on any atom is -0.507 e. The monoisotopic (exact) mass is 402 g/mol. The van der Waals surface area contributed by atoms with Crippen molar-refractivity contribution in [3.05, 3.63) is 40.6 Å². The third-order valence-corrected chi connectivity index (χ3v) is 5.37. The summed E-state index contributed by atoms with van der Waals surface area (Å²) >= 11 is 0. The molecule has 1 aromatic rings. The second kappa shape index (κ2) is 8.19. The lowest BCUT2D eigenvalue weighted by Crippen LogP contribution is -2.16. The molecule has 0 saturated heterocycles. The molecule has 0 amide bonds. The zero-order chi connectivity index (χ0) is 21.2. The maximum Gasteiger partial charge on any atom is 0.416 e. The molecule has 29 heavy (non-hydrogen) atoms. The number of hydrogen-bond acceptors (Lipinski definition) is 4. The minimum atomic E-state index is -4.56. The van der Waals surface area contributed by atoms with Crippen molar-refractivity contribution >= 4 is 17.8 Å². The van der Waals surface area contributed by atoms with Crippen molar-refractivity contribution in [1.29, 1.82) is 10.7 Å². The Morgan fingerprint density at radius 2 is 1.97 bits per heavy atom.